The number of methoxy groups -OCH3 is 1. The van der Waals surface area contributed by atoms with Crippen molar-refractivity contribution in [1.82, 2.24) is 20.4 Å². The van der Waals surface area contributed by atoms with Gasteiger partial charge in [-0.1, -0.05) is 6.92 Å². The number of carbonyl (C=O) groups is 2. The van der Waals surface area contributed by atoms with E-state index in [1.54, 1.807) is 14.2 Å². The number of aromatic nitrogens is 2. The SMILES string of the molecule is CCc1nn(C)c(C(=O)NCCC(=O)NCCOC)c1N. The zero-order valence-electron chi connectivity index (χ0n) is 12.7. The van der Waals surface area contributed by atoms with E-state index in [1.165, 1.54) is 4.68 Å². The van der Waals surface area contributed by atoms with Crippen LogP contribution in [0.15, 0.2) is 0 Å². The summed E-state index contributed by atoms with van der Waals surface area (Å²) in [5.41, 5.74) is 7.30. The first-order valence-electron chi connectivity index (χ1n) is 6.86. The molecule has 2 amide bonds. The molecule has 0 atom stereocenters. The van der Waals surface area contributed by atoms with Gasteiger partial charge in [0.05, 0.1) is 18.0 Å². The molecule has 1 aromatic rings. The average Bonchev–Trinajstić information content (AvgIpc) is 2.73. The topological polar surface area (TPSA) is 111 Å². The number of ether oxygens (including phenoxy) is 1. The first-order chi connectivity index (χ1) is 10.0. The van der Waals surface area contributed by atoms with Crippen LogP contribution in [-0.4, -0.2) is 48.4 Å². The number of carbonyl (C=O) groups excluding carboxylic acids is 2. The molecule has 0 radical (unpaired) electrons. The van der Waals surface area contributed by atoms with E-state index >= 15 is 0 Å². The van der Waals surface area contributed by atoms with Gasteiger partial charge in [-0.05, 0) is 6.42 Å². The third-order valence-electron chi connectivity index (χ3n) is 2.98. The van der Waals surface area contributed by atoms with Gasteiger partial charge in [-0.15, -0.1) is 0 Å². The number of nitrogen functional groups attached to an aromatic ring is 1. The van der Waals surface area contributed by atoms with Gasteiger partial charge in [0.25, 0.3) is 5.91 Å². The van der Waals surface area contributed by atoms with Crippen molar-refractivity contribution in [3.8, 4) is 0 Å². The number of aryl methyl sites for hydroxylation is 2. The Kier molecular flexibility index (Phi) is 6.67. The van der Waals surface area contributed by atoms with E-state index in [-0.39, 0.29) is 24.8 Å². The minimum Gasteiger partial charge on any atom is -0.395 e. The first kappa shape index (κ1) is 17.0. The number of amides is 2. The fourth-order valence-corrected chi connectivity index (χ4v) is 1.88. The molecule has 1 heterocycles. The van der Waals surface area contributed by atoms with Gasteiger partial charge in [0.1, 0.15) is 5.69 Å². The van der Waals surface area contributed by atoms with Gasteiger partial charge < -0.3 is 21.1 Å². The molecular formula is C13H23N5O3. The lowest BCUT2D eigenvalue weighted by molar-refractivity contribution is -0.121. The van der Waals surface area contributed by atoms with Gasteiger partial charge in [-0.25, -0.2) is 0 Å². The highest BCUT2D eigenvalue weighted by Crippen LogP contribution is 2.16. The van der Waals surface area contributed by atoms with Gasteiger partial charge in [0.15, 0.2) is 0 Å². The molecular weight excluding hydrogens is 274 g/mol. The van der Waals surface area contributed by atoms with Crippen molar-refractivity contribution in [2.45, 2.75) is 19.8 Å². The van der Waals surface area contributed by atoms with Crippen molar-refractivity contribution >= 4 is 17.5 Å². The average molecular weight is 297 g/mol. The maximum atomic E-state index is 12.1. The zero-order chi connectivity index (χ0) is 15.8. The van der Waals surface area contributed by atoms with Crippen LogP contribution < -0.4 is 16.4 Å². The standard InChI is InChI=1S/C13H23N5O3/c1-4-9-11(14)12(18(2)17-9)13(20)16-6-5-10(19)15-7-8-21-3/h4-8,14H2,1-3H3,(H,15,19)(H,16,20). The summed E-state index contributed by atoms with van der Waals surface area (Å²) in [5, 5.41) is 9.52. The van der Waals surface area contributed by atoms with Crippen molar-refractivity contribution in [3.05, 3.63) is 11.4 Å². The van der Waals surface area contributed by atoms with E-state index in [2.05, 4.69) is 15.7 Å². The second-order valence-corrected chi connectivity index (χ2v) is 4.53. The molecule has 0 spiro atoms. The molecule has 0 unspecified atom stereocenters. The number of nitrogens with two attached hydrogens (primary N) is 1. The van der Waals surface area contributed by atoms with Crippen LogP contribution in [0.2, 0.25) is 0 Å². The lowest BCUT2D eigenvalue weighted by atomic mass is 10.2. The van der Waals surface area contributed by atoms with E-state index in [0.717, 1.165) is 0 Å². The first-order valence-corrected chi connectivity index (χ1v) is 6.86. The summed E-state index contributed by atoms with van der Waals surface area (Å²) >= 11 is 0. The molecule has 8 heteroatoms. The summed E-state index contributed by atoms with van der Waals surface area (Å²) < 4.78 is 6.28. The largest absolute Gasteiger partial charge is 0.395 e. The minimum absolute atomic E-state index is 0.139. The Morgan fingerprint density at radius 1 is 1.33 bits per heavy atom. The molecule has 0 fully saturated rings. The number of hydrogen-bond acceptors (Lipinski definition) is 5. The summed E-state index contributed by atoms with van der Waals surface area (Å²) in [6.07, 6.45) is 0.864. The maximum Gasteiger partial charge on any atom is 0.271 e. The van der Waals surface area contributed by atoms with Crippen molar-refractivity contribution in [3.63, 3.8) is 0 Å². The van der Waals surface area contributed by atoms with E-state index in [4.69, 9.17) is 10.5 Å². The summed E-state index contributed by atoms with van der Waals surface area (Å²) in [6, 6.07) is 0. The van der Waals surface area contributed by atoms with Crippen molar-refractivity contribution in [1.29, 1.82) is 0 Å². The molecule has 8 nitrogen and oxygen atoms in total. The summed E-state index contributed by atoms with van der Waals surface area (Å²) in [6.45, 7) is 3.08. The predicted molar refractivity (Wildman–Crippen MR) is 78.8 cm³/mol. The number of anilines is 1. The molecule has 4 N–H and O–H groups in total. The quantitative estimate of drug-likeness (QED) is 0.557. The van der Waals surface area contributed by atoms with E-state index in [1.807, 2.05) is 6.92 Å². The lowest BCUT2D eigenvalue weighted by Crippen LogP contribution is -2.33. The predicted octanol–water partition coefficient (Wildman–Crippen LogP) is -0.553. The maximum absolute atomic E-state index is 12.1. The Balaban J connectivity index is 2.44. The number of rotatable bonds is 8. The molecule has 0 aliphatic carbocycles. The van der Waals surface area contributed by atoms with Crippen molar-refractivity contribution in [2.24, 2.45) is 7.05 Å². The lowest BCUT2D eigenvalue weighted by Gasteiger charge is -2.07. The Bertz CT molecular complexity index is 498. The van der Waals surface area contributed by atoms with Crippen LogP contribution in [0.25, 0.3) is 0 Å². The highest BCUT2D eigenvalue weighted by atomic mass is 16.5. The second-order valence-electron chi connectivity index (χ2n) is 4.53. The molecule has 0 saturated carbocycles. The van der Waals surface area contributed by atoms with Gasteiger partial charge >= 0.3 is 0 Å². The molecule has 0 aromatic carbocycles. The molecule has 0 aliphatic rings. The molecule has 1 aromatic heterocycles. The van der Waals surface area contributed by atoms with Crippen molar-refractivity contribution < 1.29 is 14.3 Å². The van der Waals surface area contributed by atoms with Crippen LogP contribution in [0.1, 0.15) is 29.5 Å². The van der Waals surface area contributed by atoms with Crippen LogP contribution >= 0.6 is 0 Å². The Morgan fingerprint density at radius 3 is 2.62 bits per heavy atom. The summed E-state index contributed by atoms with van der Waals surface area (Å²) in [4.78, 5) is 23.5. The van der Waals surface area contributed by atoms with Gasteiger partial charge in [-0.2, -0.15) is 5.10 Å². The molecule has 0 aliphatic heterocycles. The van der Waals surface area contributed by atoms with Gasteiger partial charge in [0.2, 0.25) is 5.91 Å². The van der Waals surface area contributed by atoms with Crippen LogP contribution in [-0.2, 0) is 23.0 Å². The molecule has 0 bridgehead atoms. The number of nitrogens with zero attached hydrogens (tertiary/aromatic N) is 2. The third-order valence-corrected chi connectivity index (χ3v) is 2.98. The van der Waals surface area contributed by atoms with E-state index < -0.39 is 0 Å². The third kappa shape index (κ3) is 4.75. The Hall–Kier alpha value is -2.09. The van der Waals surface area contributed by atoms with Crippen LogP contribution in [0.4, 0.5) is 5.69 Å². The number of nitrogens with one attached hydrogen (secondary N) is 2. The molecule has 1 rings (SSSR count). The normalized spacial score (nSPS) is 10.4. The van der Waals surface area contributed by atoms with E-state index in [0.29, 0.717) is 36.6 Å². The zero-order valence-corrected chi connectivity index (χ0v) is 12.7. The summed E-state index contributed by atoms with van der Waals surface area (Å²) in [5.74, 6) is -0.466. The highest BCUT2D eigenvalue weighted by Gasteiger charge is 2.18. The van der Waals surface area contributed by atoms with Crippen LogP contribution in [0, 0.1) is 0 Å². The smallest absolute Gasteiger partial charge is 0.271 e. The van der Waals surface area contributed by atoms with Gasteiger partial charge in [0, 0.05) is 33.7 Å². The monoisotopic (exact) mass is 297 g/mol. The van der Waals surface area contributed by atoms with Crippen molar-refractivity contribution in [2.75, 3.05) is 32.5 Å². The molecule has 118 valence electrons. The molecule has 0 saturated heterocycles. The Labute approximate surface area is 124 Å². The fraction of sp³-hybridized carbons (Fsp3) is 0.615. The van der Waals surface area contributed by atoms with Gasteiger partial charge in [-0.3, -0.25) is 14.3 Å². The highest BCUT2D eigenvalue weighted by molar-refractivity contribution is 5.98. The fourth-order valence-electron chi connectivity index (χ4n) is 1.88. The summed E-state index contributed by atoms with van der Waals surface area (Å²) in [7, 11) is 3.23. The van der Waals surface area contributed by atoms with E-state index in [9.17, 15) is 9.59 Å². The Morgan fingerprint density at radius 2 is 2.05 bits per heavy atom. The molecule has 21 heavy (non-hydrogen) atoms. The van der Waals surface area contributed by atoms with Crippen LogP contribution in [0.3, 0.4) is 0 Å². The number of hydrogen-bond donors (Lipinski definition) is 3. The minimum atomic E-state index is -0.327. The second kappa shape index (κ2) is 8.25. The van der Waals surface area contributed by atoms with Crippen LogP contribution in [0.5, 0.6) is 0 Å².